The number of hydrogen-bond acceptors (Lipinski definition) is 2. The fourth-order valence-electron chi connectivity index (χ4n) is 3.30. The van der Waals surface area contributed by atoms with Crippen LogP contribution in [0.1, 0.15) is 30.4 Å². The lowest BCUT2D eigenvalue weighted by molar-refractivity contribution is 0.0326. The van der Waals surface area contributed by atoms with Gasteiger partial charge in [-0.25, -0.2) is 0 Å². The molecule has 0 bridgehead atoms. The van der Waals surface area contributed by atoms with Crippen LogP contribution in [-0.4, -0.2) is 35.2 Å². The third-order valence-electron chi connectivity index (χ3n) is 4.28. The molecule has 1 fully saturated rings. The van der Waals surface area contributed by atoms with Crippen LogP contribution in [-0.2, 0) is 12.8 Å². The van der Waals surface area contributed by atoms with Gasteiger partial charge < -0.3 is 5.11 Å². The molecule has 0 spiro atoms. The smallest absolute Gasteiger partial charge is 0.0738 e. The van der Waals surface area contributed by atoms with Crippen LogP contribution >= 0.6 is 0 Å². The van der Waals surface area contributed by atoms with Crippen LogP contribution < -0.4 is 0 Å². The molecule has 1 heterocycles. The number of fused-ring (bicyclic) bond motifs is 1. The topological polar surface area (TPSA) is 23.5 Å². The molecule has 0 saturated carbocycles. The fourth-order valence-corrected chi connectivity index (χ4v) is 3.30. The van der Waals surface area contributed by atoms with Gasteiger partial charge in [-0.05, 0) is 43.5 Å². The Morgan fingerprint density at radius 3 is 2.29 bits per heavy atom. The maximum absolute atomic E-state index is 10.3. The molecule has 2 aliphatic rings. The van der Waals surface area contributed by atoms with Crippen molar-refractivity contribution in [3.05, 3.63) is 35.4 Å². The number of aliphatic hydroxyl groups is 1. The van der Waals surface area contributed by atoms with Crippen molar-refractivity contribution in [1.29, 1.82) is 0 Å². The van der Waals surface area contributed by atoms with Crippen molar-refractivity contribution in [3.8, 4) is 0 Å². The fraction of sp³-hybridized carbons (Fsp3) is 0.600. The largest absolute Gasteiger partial charge is 0.391 e. The monoisotopic (exact) mass is 231 g/mol. The van der Waals surface area contributed by atoms with Crippen LogP contribution in [0, 0.1) is 0 Å². The SMILES string of the molecule is O[C@@H]1Cc2ccccc2C[C@H]1N1CCCCC1. The van der Waals surface area contributed by atoms with Crippen molar-refractivity contribution in [1.82, 2.24) is 4.90 Å². The molecular weight excluding hydrogens is 210 g/mol. The summed E-state index contributed by atoms with van der Waals surface area (Å²) < 4.78 is 0. The summed E-state index contributed by atoms with van der Waals surface area (Å²) in [5, 5.41) is 10.3. The molecule has 2 atom stereocenters. The highest BCUT2D eigenvalue weighted by Crippen LogP contribution is 2.26. The van der Waals surface area contributed by atoms with Gasteiger partial charge in [0.25, 0.3) is 0 Å². The highest BCUT2D eigenvalue weighted by molar-refractivity contribution is 5.31. The van der Waals surface area contributed by atoms with Crippen LogP contribution in [0.3, 0.4) is 0 Å². The van der Waals surface area contributed by atoms with Crippen LogP contribution in [0.25, 0.3) is 0 Å². The maximum atomic E-state index is 10.3. The number of likely N-dealkylation sites (tertiary alicyclic amines) is 1. The van der Waals surface area contributed by atoms with Gasteiger partial charge in [-0.15, -0.1) is 0 Å². The zero-order chi connectivity index (χ0) is 11.7. The average Bonchev–Trinajstić information content (AvgIpc) is 2.39. The minimum absolute atomic E-state index is 0.178. The van der Waals surface area contributed by atoms with Crippen LogP contribution in [0.2, 0.25) is 0 Å². The van der Waals surface area contributed by atoms with E-state index in [1.54, 1.807) is 0 Å². The van der Waals surface area contributed by atoms with E-state index in [1.165, 1.54) is 43.5 Å². The highest BCUT2D eigenvalue weighted by Gasteiger charge is 2.31. The van der Waals surface area contributed by atoms with Crippen molar-refractivity contribution in [2.75, 3.05) is 13.1 Å². The number of hydrogen-bond donors (Lipinski definition) is 1. The zero-order valence-corrected chi connectivity index (χ0v) is 10.3. The standard InChI is InChI=1S/C15H21NO/c17-15-11-13-7-3-2-6-12(13)10-14(15)16-8-4-1-5-9-16/h2-3,6-7,14-15,17H,1,4-5,8-11H2/t14-,15-/m1/s1. The number of nitrogens with zero attached hydrogens (tertiary/aromatic N) is 1. The molecule has 17 heavy (non-hydrogen) atoms. The molecule has 3 rings (SSSR count). The predicted molar refractivity (Wildman–Crippen MR) is 69.1 cm³/mol. The molecule has 0 aromatic heterocycles. The van der Waals surface area contributed by atoms with E-state index in [-0.39, 0.29) is 6.10 Å². The van der Waals surface area contributed by atoms with Gasteiger partial charge in [-0.2, -0.15) is 0 Å². The summed E-state index contributed by atoms with van der Waals surface area (Å²) in [4.78, 5) is 2.50. The highest BCUT2D eigenvalue weighted by atomic mass is 16.3. The average molecular weight is 231 g/mol. The third kappa shape index (κ3) is 2.24. The summed E-state index contributed by atoms with van der Waals surface area (Å²) >= 11 is 0. The lowest BCUT2D eigenvalue weighted by Gasteiger charge is -2.40. The molecule has 1 saturated heterocycles. The molecule has 1 aromatic carbocycles. The van der Waals surface area contributed by atoms with Crippen LogP contribution in [0.15, 0.2) is 24.3 Å². The molecule has 1 aliphatic carbocycles. The Morgan fingerprint density at radius 2 is 1.59 bits per heavy atom. The summed E-state index contributed by atoms with van der Waals surface area (Å²) in [7, 11) is 0. The third-order valence-corrected chi connectivity index (χ3v) is 4.28. The lowest BCUT2D eigenvalue weighted by atomic mass is 9.85. The van der Waals surface area contributed by atoms with E-state index in [4.69, 9.17) is 0 Å². The Bertz CT molecular complexity index is 384. The minimum atomic E-state index is -0.178. The van der Waals surface area contributed by atoms with Gasteiger partial charge in [-0.3, -0.25) is 4.90 Å². The van der Waals surface area contributed by atoms with Gasteiger partial charge in [0.15, 0.2) is 0 Å². The van der Waals surface area contributed by atoms with Gasteiger partial charge >= 0.3 is 0 Å². The second kappa shape index (κ2) is 4.79. The van der Waals surface area contributed by atoms with Gasteiger partial charge in [0, 0.05) is 12.5 Å². The van der Waals surface area contributed by atoms with E-state index in [0.29, 0.717) is 6.04 Å². The first-order valence-electron chi connectivity index (χ1n) is 6.83. The Morgan fingerprint density at radius 1 is 0.941 bits per heavy atom. The van der Waals surface area contributed by atoms with Gasteiger partial charge in [-0.1, -0.05) is 30.7 Å². The van der Waals surface area contributed by atoms with Gasteiger partial charge in [0.05, 0.1) is 6.10 Å². The van der Waals surface area contributed by atoms with E-state index in [1.807, 2.05) is 0 Å². The van der Waals surface area contributed by atoms with E-state index < -0.39 is 0 Å². The zero-order valence-electron chi connectivity index (χ0n) is 10.3. The van der Waals surface area contributed by atoms with Gasteiger partial charge in [0.2, 0.25) is 0 Å². The second-order valence-electron chi connectivity index (χ2n) is 5.41. The Labute approximate surface area is 103 Å². The van der Waals surface area contributed by atoms with Gasteiger partial charge in [0.1, 0.15) is 0 Å². The van der Waals surface area contributed by atoms with E-state index in [9.17, 15) is 5.11 Å². The molecule has 92 valence electrons. The van der Waals surface area contributed by atoms with Crippen LogP contribution in [0.5, 0.6) is 0 Å². The number of benzene rings is 1. The summed E-state index contributed by atoms with van der Waals surface area (Å²) in [5.74, 6) is 0. The normalized spacial score (nSPS) is 29.9. The summed E-state index contributed by atoms with van der Waals surface area (Å²) in [6.45, 7) is 2.34. The summed E-state index contributed by atoms with van der Waals surface area (Å²) in [6.07, 6.45) is 5.63. The van der Waals surface area contributed by atoms with Crippen molar-refractivity contribution < 1.29 is 5.11 Å². The lowest BCUT2D eigenvalue weighted by Crippen LogP contribution is -2.50. The first-order valence-corrected chi connectivity index (χ1v) is 6.83. The first-order chi connectivity index (χ1) is 8.34. The number of piperidine rings is 1. The van der Waals surface area contributed by atoms with Crippen molar-refractivity contribution in [2.45, 2.75) is 44.2 Å². The molecule has 1 N–H and O–H groups in total. The summed E-state index contributed by atoms with van der Waals surface area (Å²) in [6, 6.07) is 8.92. The van der Waals surface area contributed by atoms with E-state index in [0.717, 1.165) is 12.8 Å². The van der Waals surface area contributed by atoms with E-state index in [2.05, 4.69) is 29.2 Å². The molecule has 2 heteroatoms. The Kier molecular flexibility index (Phi) is 3.17. The Balaban J connectivity index is 1.79. The predicted octanol–water partition coefficient (Wildman–Crippen LogP) is 2.00. The summed E-state index contributed by atoms with van der Waals surface area (Å²) in [5.41, 5.74) is 2.78. The molecule has 2 nitrogen and oxygen atoms in total. The number of aliphatic hydroxyl groups excluding tert-OH is 1. The second-order valence-corrected chi connectivity index (χ2v) is 5.41. The van der Waals surface area contributed by atoms with Crippen molar-refractivity contribution in [3.63, 3.8) is 0 Å². The molecule has 1 aliphatic heterocycles. The van der Waals surface area contributed by atoms with Crippen LogP contribution in [0.4, 0.5) is 0 Å². The van der Waals surface area contributed by atoms with Crippen molar-refractivity contribution >= 4 is 0 Å². The van der Waals surface area contributed by atoms with Crippen molar-refractivity contribution in [2.24, 2.45) is 0 Å². The Hall–Kier alpha value is -0.860. The number of rotatable bonds is 1. The maximum Gasteiger partial charge on any atom is 0.0738 e. The minimum Gasteiger partial charge on any atom is -0.391 e. The molecular formula is C15H21NO. The first kappa shape index (κ1) is 11.2. The molecule has 0 amide bonds. The molecule has 0 radical (unpaired) electrons. The molecule has 1 aromatic rings. The molecule has 0 unspecified atom stereocenters. The van der Waals surface area contributed by atoms with E-state index >= 15 is 0 Å². The quantitative estimate of drug-likeness (QED) is 0.799.